The molecule has 1 rings (SSSR count). The highest BCUT2D eigenvalue weighted by atomic mass is 16.6. The van der Waals surface area contributed by atoms with Crippen molar-refractivity contribution < 1.29 is 18.9 Å². The molecule has 1 N–H and O–H groups in total. The maximum Gasteiger partial charge on any atom is 0.433 e. The number of amides is 1. The highest BCUT2D eigenvalue weighted by Gasteiger charge is 2.15. The lowest BCUT2D eigenvalue weighted by atomic mass is 10.2. The summed E-state index contributed by atoms with van der Waals surface area (Å²) in [7, 11) is 0. The summed E-state index contributed by atoms with van der Waals surface area (Å²) < 4.78 is 9.83. The topological polar surface area (TPSA) is 107 Å². The molecule has 0 aliphatic heterocycles. The van der Waals surface area contributed by atoms with Gasteiger partial charge in [0.15, 0.2) is 0 Å². The first-order valence-electron chi connectivity index (χ1n) is 5.71. The summed E-state index contributed by atoms with van der Waals surface area (Å²) in [6, 6.07) is 2.69. The molecular formula is C12H15N3O5. The molecule has 8 heteroatoms. The van der Waals surface area contributed by atoms with Crippen molar-refractivity contribution in [3.63, 3.8) is 0 Å². The molecule has 108 valence electrons. The lowest BCUT2D eigenvalue weighted by molar-refractivity contribution is -0.402. The van der Waals surface area contributed by atoms with Gasteiger partial charge in [-0.05, 0) is 39.0 Å². The Hall–Kier alpha value is -2.64. The number of hydrogen-bond acceptors (Lipinski definition) is 6. The van der Waals surface area contributed by atoms with Crippen molar-refractivity contribution >= 4 is 24.3 Å². The fourth-order valence-corrected chi connectivity index (χ4v) is 1.10. The summed E-state index contributed by atoms with van der Waals surface area (Å²) in [6.07, 6.45) is 3.54. The van der Waals surface area contributed by atoms with E-state index >= 15 is 0 Å². The van der Waals surface area contributed by atoms with E-state index in [-0.39, 0.29) is 5.88 Å². The van der Waals surface area contributed by atoms with Crippen LogP contribution in [0.3, 0.4) is 0 Å². The van der Waals surface area contributed by atoms with E-state index in [4.69, 9.17) is 9.15 Å². The van der Waals surface area contributed by atoms with Crippen LogP contribution in [-0.2, 0) is 4.74 Å². The molecule has 20 heavy (non-hydrogen) atoms. The number of furan rings is 1. The summed E-state index contributed by atoms with van der Waals surface area (Å²) in [5, 5.41) is 14.0. The average molecular weight is 281 g/mol. The van der Waals surface area contributed by atoms with Gasteiger partial charge >= 0.3 is 12.0 Å². The van der Waals surface area contributed by atoms with Crippen LogP contribution in [0.1, 0.15) is 26.5 Å². The van der Waals surface area contributed by atoms with Gasteiger partial charge in [0, 0.05) is 6.21 Å². The number of hydrogen-bond donors (Lipinski definition) is 1. The molecule has 1 amide bonds. The van der Waals surface area contributed by atoms with Crippen molar-refractivity contribution in [1.82, 2.24) is 5.43 Å². The molecule has 0 saturated heterocycles. The van der Waals surface area contributed by atoms with Crippen molar-refractivity contribution in [2.24, 2.45) is 5.10 Å². The fourth-order valence-electron chi connectivity index (χ4n) is 1.10. The number of allylic oxidation sites excluding steroid dienone is 1. The van der Waals surface area contributed by atoms with E-state index in [1.807, 2.05) is 0 Å². The van der Waals surface area contributed by atoms with Crippen LogP contribution in [0.4, 0.5) is 10.7 Å². The van der Waals surface area contributed by atoms with Crippen LogP contribution >= 0.6 is 0 Å². The van der Waals surface area contributed by atoms with Gasteiger partial charge in [-0.1, -0.05) is 0 Å². The van der Waals surface area contributed by atoms with Gasteiger partial charge in [0.25, 0.3) is 0 Å². The molecule has 0 aliphatic carbocycles. The SMILES string of the molecule is CC(C)(C)OC(=O)N/N=C/C=C/c1ccc([N+](=O)[O-])o1. The number of nitrogens with one attached hydrogen (secondary N) is 1. The van der Waals surface area contributed by atoms with E-state index in [0.29, 0.717) is 5.76 Å². The minimum absolute atomic E-state index is 0.306. The highest BCUT2D eigenvalue weighted by molar-refractivity contribution is 5.79. The van der Waals surface area contributed by atoms with Crippen molar-refractivity contribution in [3.05, 3.63) is 34.1 Å². The summed E-state index contributed by atoms with van der Waals surface area (Å²) >= 11 is 0. The first kappa shape index (κ1) is 15.4. The van der Waals surface area contributed by atoms with Crippen molar-refractivity contribution in [2.45, 2.75) is 26.4 Å². The Balaban J connectivity index is 2.42. The van der Waals surface area contributed by atoms with Gasteiger partial charge in [-0.15, -0.1) is 0 Å². The number of nitrogens with zero attached hydrogens (tertiary/aromatic N) is 2. The molecular weight excluding hydrogens is 266 g/mol. The second-order valence-electron chi connectivity index (χ2n) is 4.68. The first-order chi connectivity index (χ1) is 9.28. The zero-order valence-electron chi connectivity index (χ0n) is 11.3. The molecule has 0 radical (unpaired) electrons. The Morgan fingerprint density at radius 3 is 2.75 bits per heavy atom. The minimum Gasteiger partial charge on any atom is -0.443 e. The molecule has 0 aliphatic rings. The predicted octanol–water partition coefficient (Wildman–Crippen LogP) is 2.71. The van der Waals surface area contributed by atoms with E-state index in [9.17, 15) is 14.9 Å². The Labute approximate surface area is 115 Å². The van der Waals surface area contributed by atoms with Crippen LogP contribution < -0.4 is 5.43 Å². The summed E-state index contributed by atoms with van der Waals surface area (Å²) in [5.74, 6) is -0.0334. The van der Waals surface area contributed by atoms with Crippen LogP contribution in [0.25, 0.3) is 6.08 Å². The molecule has 0 fully saturated rings. The molecule has 0 atom stereocenters. The number of nitro groups is 1. The van der Waals surface area contributed by atoms with Crippen LogP contribution in [0, 0.1) is 10.1 Å². The van der Waals surface area contributed by atoms with Gasteiger partial charge in [0.05, 0.1) is 6.07 Å². The van der Waals surface area contributed by atoms with Gasteiger partial charge in [-0.2, -0.15) is 5.10 Å². The van der Waals surface area contributed by atoms with Gasteiger partial charge < -0.3 is 9.15 Å². The fraction of sp³-hybridized carbons (Fsp3) is 0.333. The van der Waals surface area contributed by atoms with Gasteiger partial charge in [-0.25, -0.2) is 10.2 Å². The quantitative estimate of drug-likeness (QED) is 0.518. The Bertz CT molecular complexity index is 540. The normalized spacial score (nSPS) is 11.9. The molecule has 1 aromatic rings. The van der Waals surface area contributed by atoms with Crippen LogP contribution in [-0.4, -0.2) is 22.8 Å². The van der Waals surface area contributed by atoms with E-state index in [1.54, 1.807) is 20.8 Å². The number of carbonyl (C=O) groups excluding carboxylic acids is 1. The third-order valence-corrected chi connectivity index (χ3v) is 1.77. The van der Waals surface area contributed by atoms with Crippen LogP contribution in [0.15, 0.2) is 27.7 Å². The van der Waals surface area contributed by atoms with Crippen molar-refractivity contribution in [2.75, 3.05) is 0 Å². The predicted molar refractivity (Wildman–Crippen MR) is 72.3 cm³/mol. The summed E-state index contributed by atoms with van der Waals surface area (Å²) in [6.45, 7) is 5.21. The zero-order valence-corrected chi connectivity index (χ0v) is 11.3. The molecule has 8 nitrogen and oxygen atoms in total. The summed E-state index contributed by atoms with van der Waals surface area (Å²) in [4.78, 5) is 21.0. The standard InChI is InChI=1S/C12H15N3O5/c1-12(2,3)20-11(16)14-13-8-4-5-9-6-7-10(19-9)15(17)18/h4-8H,1-3H3,(H,14,16)/b5-4+,13-8+. The monoisotopic (exact) mass is 281 g/mol. The van der Waals surface area contributed by atoms with Crippen LogP contribution in [0.5, 0.6) is 0 Å². The molecule has 0 bridgehead atoms. The largest absolute Gasteiger partial charge is 0.443 e. The Morgan fingerprint density at radius 2 is 2.20 bits per heavy atom. The van der Waals surface area contributed by atoms with E-state index in [1.165, 1.54) is 30.5 Å². The van der Waals surface area contributed by atoms with Gasteiger partial charge in [0.2, 0.25) is 0 Å². The molecule has 0 saturated carbocycles. The second-order valence-corrected chi connectivity index (χ2v) is 4.68. The maximum absolute atomic E-state index is 11.2. The second kappa shape index (κ2) is 6.50. The van der Waals surface area contributed by atoms with E-state index in [0.717, 1.165) is 0 Å². The maximum atomic E-state index is 11.2. The minimum atomic E-state index is -0.671. The number of hydrazone groups is 1. The molecule has 0 unspecified atom stereocenters. The Morgan fingerprint density at radius 1 is 1.50 bits per heavy atom. The molecule has 1 aromatic heterocycles. The third kappa shape index (κ3) is 5.80. The smallest absolute Gasteiger partial charge is 0.433 e. The first-order valence-corrected chi connectivity index (χ1v) is 5.71. The van der Waals surface area contributed by atoms with E-state index in [2.05, 4.69) is 10.5 Å². The van der Waals surface area contributed by atoms with Gasteiger partial charge in [-0.3, -0.25) is 10.1 Å². The number of rotatable bonds is 4. The lowest BCUT2D eigenvalue weighted by Gasteiger charge is -2.18. The summed E-state index contributed by atoms with van der Waals surface area (Å²) in [5.41, 5.74) is 1.57. The molecule has 0 spiro atoms. The van der Waals surface area contributed by atoms with Crippen LogP contribution in [0.2, 0.25) is 0 Å². The number of carbonyl (C=O) groups is 1. The molecule has 1 heterocycles. The van der Waals surface area contributed by atoms with E-state index < -0.39 is 16.6 Å². The number of ether oxygens (including phenoxy) is 1. The third-order valence-electron chi connectivity index (χ3n) is 1.77. The van der Waals surface area contributed by atoms with Crippen molar-refractivity contribution in [1.29, 1.82) is 0 Å². The lowest BCUT2D eigenvalue weighted by Crippen LogP contribution is -2.29. The van der Waals surface area contributed by atoms with Gasteiger partial charge in [0.1, 0.15) is 16.3 Å². The highest BCUT2D eigenvalue weighted by Crippen LogP contribution is 2.16. The van der Waals surface area contributed by atoms with Crippen molar-refractivity contribution in [3.8, 4) is 0 Å². The average Bonchev–Trinajstić information content (AvgIpc) is 2.75. The molecule has 0 aromatic carbocycles. The Kier molecular flexibility index (Phi) is 5.01. The zero-order chi connectivity index (χ0) is 15.2.